The van der Waals surface area contributed by atoms with Crippen molar-refractivity contribution < 1.29 is 23.8 Å². The number of nitrogens with zero attached hydrogens (tertiary/aromatic N) is 1. The normalized spacial score (nSPS) is 14.2. The molecular formula is C26H21BrN2O5S2. The Kier molecular flexibility index (Phi) is 8.29. The Labute approximate surface area is 226 Å². The second kappa shape index (κ2) is 11.6. The molecule has 2 amide bonds. The fourth-order valence-corrected chi connectivity index (χ4v) is 4.70. The molecule has 3 aromatic rings. The van der Waals surface area contributed by atoms with E-state index in [0.717, 1.165) is 32.4 Å². The fourth-order valence-electron chi connectivity index (χ4n) is 3.26. The molecule has 4 rings (SSSR count). The zero-order valence-corrected chi connectivity index (χ0v) is 22.5. The first kappa shape index (κ1) is 25.7. The monoisotopic (exact) mass is 584 g/mol. The number of rotatable bonds is 8. The summed E-state index contributed by atoms with van der Waals surface area (Å²) in [7, 11) is 3.10. The van der Waals surface area contributed by atoms with E-state index in [2.05, 4.69) is 21.4 Å². The van der Waals surface area contributed by atoms with Crippen molar-refractivity contribution in [3.8, 4) is 17.2 Å². The van der Waals surface area contributed by atoms with Crippen molar-refractivity contribution >= 4 is 62.1 Å². The molecule has 1 aliphatic rings. The lowest BCUT2D eigenvalue weighted by Gasteiger charge is -2.15. The van der Waals surface area contributed by atoms with Crippen LogP contribution in [0.3, 0.4) is 0 Å². The quantitative estimate of drug-likeness (QED) is 0.273. The molecule has 1 fully saturated rings. The van der Waals surface area contributed by atoms with Crippen LogP contribution in [0.2, 0.25) is 0 Å². The van der Waals surface area contributed by atoms with Gasteiger partial charge in [0.2, 0.25) is 0 Å². The van der Waals surface area contributed by atoms with Crippen molar-refractivity contribution in [1.29, 1.82) is 0 Å². The molecule has 184 valence electrons. The minimum atomic E-state index is -0.454. The van der Waals surface area contributed by atoms with Gasteiger partial charge in [0.1, 0.15) is 12.4 Å². The molecule has 1 saturated heterocycles. The lowest BCUT2D eigenvalue weighted by molar-refractivity contribution is -0.123. The van der Waals surface area contributed by atoms with Gasteiger partial charge in [-0.2, -0.15) is 5.01 Å². The van der Waals surface area contributed by atoms with Gasteiger partial charge in [-0.3, -0.25) is 15.0 Å². The van der Waals surface area contributed by atoms with Crippen molar-refractivity contribution in [2.75, 3.05) is 14.2 Å². The number of amides is 2. The summed E-state index contributed by atoms with van der Waals surface area (Å²) in [5, 5.41) is 1.07. The molecule has 36 heavy (non-hydrogen) atoms. The van der Waals surface area contributed by atoms with Crippen LogP contribution < -0.4 is 19.6 Å². The number of nitrogens with one attached hydrogen (secondary N) is 1. The molecule has 0 bridgehead atoms. The zero-order chi connectivity index (χ0) is 25.7. The van der Waals surface area contributed by atoms with E-state index in [1.54, 1.807) is 56.7 Å². The maximum Gasteiger partial charge on any atom is 0.285 e. The number of ether oxygens (including phenoxy) is 3. The number of thioether (sulfide) groups is 1. The number of carbonyl (C=O) groups is 2. The van der Waals surface area contributed by atoms with E-state index in [-0.39, 0.29) is 4.32 Å². The Morgan fingerprint density at radius 1 is 1.03 bits per heavy atom. The highest BCUT2D eigenvalue weighted by Crippen LogP contribution is 2.34. The maximum atomic E-state index is 12.9. The zero-order valence-electron chi connectivity index (χ0n) is 19.3. The summed E-state index contributed by atoms with van der Waals surface area (Å²) in [6.45, 7) is 0.384. The summed E-state index contributed by atoms with van der Waals surface area (Å²) in [5.41, 5.74) is 4.69. The highest BCUT2D eigenvalue weighted by molar-refractivity contribution is 9.10. The fraction of sp³-hybridized carbons (Fsp3) is 0.115. The number of methoxy groups -OCH3 is 2. The van der Waals surface area contributed by atoms with Crippen molar-refractivity contribution in [2.24, 2.45) is 0 Å². The Bertz CT molecular complexity index is 1330. The standard InChI is InChI=1S/C26H21BrN2O5S2/c1-32-20-10-6-18(7-11-20)24(30)28-29-25(31)23(36-26(29)35)14-17-5-12-21(22(13-17)33-2)34-15-16-3-8-19(27)9-4-16/h3-14H,15H2,1-2H3,(H,28,30)/b23-14-. The van der Waals surface area contributed by atoms with Crippen LogP contribution in [0.5, 0.6) is 17.2 Å². The van der Waals surface area contributed by atoms with Gasteiger partial charge >= 0.3 is 0 Å². The molecule has 0 radical (unpaired) electrons. The van der Waals surface area contributed by atoms with Crippen LogP contribution in [0.4, 0.5) is 0 Å². The summed E-state index contributed by atoms with van der Waals surface area (Å²) in [6, 6.07) is 19.8. The van der Waals surface area contributed by atoms with E-state index in [9.17, 15) is 9.59 Å². The number of hydrogen-bond acceptors (Lipinski definition) is 7. The summed E-state index contributed by atoms with van der Waals surface area (Å²) in [4.78, 5) is 25.9. The molecule has 0 aliphatic carbocycles. The van der Waals surface area contributed by atoms with Crippen LogP contribution in [-0.4, -0.2) is 35.4 Å². The Balaban J connectivity index is 1.45. The first-order chi connectivity index (χ1) is 17.4. The van der Waals surface area contributed by atoms with E-state index in [4.69, 9.17) is 26.4 Å². The minimum absolute atomic E-state index is 0.231. The number of thiocarbonyl (C=S) groups is 1. The number of benzene rings is 3. The van der Waals surface area contributed by atoms with Crippen molar-refractivity contribution in [3.63, 3.8) is 0 Å². The third-order valence-electron chi connectivity index (χ3n) is 5.15. The van der Waals surface area contributed by atoms with E-state index in [0.29, 0.717) is 34.3 Å². The minimum Gasteiger partial charge on any atom is -0.497 e. The predicted molar refractivity (Wildman–Crippen MR) is 147 cm³/mol. The Hall–Kier alpha value is -3.34. The molecule has 10 heteroatoms. The van der Waals surface area contributed by atoms with Gasteiger partial charge in [-0.1, -0.05) is 45.9 Å². The summed E-state index contributed by atoms with van der Waals surface area (Å²) >= 11 is 9.85. The van der Waals surface area contributed by atoms with Crippen LogP contribution in [-0.2, 0) is 11.4 Å². The molecule has 0 atom stereocenters. The molecule has 7 nitrogen and oxygen atoms in total. The maximum absolute atomic E-state index is 12.9. The van der Waals surface area contributed by atoms with Crippen LogP contribution in [0.15, 0.2) is 76.1 Å². The third kappa shape index (κ3) is 6.07. The van der Waals surface area contributed by atoms with Gasteiger partial charge in [0.25, 0.3) is 11.8 Å². The first-order valence-electron chi connectivity index (χ1n) is 10.7. The van der Waals surface area contributed by atoms with Crippen LogP contribution in [0.25, 0.3) is 6.08 Å². The molecule has 0 unspecified atom stereocenters. The van der Waals surface area contributed by atoms with Crippen molar-refractivity contribution in [1.82, 2.24) is 10.4 Å². The first-order valence-corrected chi connectivity index (χ1v) is 12.7. The van der Waals surface area contributed by atoms with Gasteiger partial charge in [0.05, 0.1) is 19.1 Å². The third-order valence-corrected chi connectivity index (χ3v) is 6.98. The number of halogens is 1. The average molecular weight is 586 g/mol. The molecule has 0 aromatic heterocycles. The SMILES string of the molecule is COc1ccc(C(=O)NN2C(=O)/C(=C/c3ccc(OCc4ccc(Br)cc4)c(OC)c3)SC2=S)cc1. The van der Waals surface area contributed by atoms with E-state index < -0.39 is 11.8 Å². The molecule has 1 N–H and O–H groups in total. The molecule has 3 aromatic carbocycles. The highest BCUT2D eigenvalue weighted by Gasteiger charge is 2.33. The van der Waals surface area contributed by atoms with Crippen molar-refractivity contribution in [3.05, 3.63) is 92.8 Å². The molecule has 0 spiro atoms. The molecule has 1 aliphatic heterocycles. The lowest BCUT2D eigenvalue weighted by Crippen LogP contribution is -2.44. The van der Waals surface area contributed by atoms with Gasteiger partial charge in [-0.25, -0.2) is 0 Å². The molecule has 1 heterocycles. The van der Waals surface area contributed by atoms with Gasteiger partial charge in [-0.15, -0.1) is 0 Å². The van der Waals surface area contributed by atoms with E-state index >= 15 is 0 Å². The summed E-state index contributed by atoms with van der Waals surface area (Å²) < 4.78 is 17.7. The Morgan fingerprint density at radius 2 is 1.75 bits per heavy atom. The topological polar surface area (TPSA) is 77.1 Å². The van der Waals surface area contributed by atoms with Gasteiger partial charge in [-0.05, 0) is 78.0 Å². The largest absolute Gasteiger partial charge is 0.497 e. The van der Waals surface area contributed by atoms with Crippen LogP contribution >= 0.6 is 39.9 Å². The number of hydrazine groups is 1. The summed E-state index contributed by atoms with van der Waals surface area (Å²) in [6.07, 6.45) is 1.69. The Morgan fingerprint density at radius 3 is 2.42 bits per heavy atom. The van der Waals surface area contributed by atoms with Gasteiger partial charge in [0, 0.05) is 10.0 Å². The second-order valence-corrected chi connectivity index (χ2v) is 10.1. The smallest absolute Gasteiger partial charge is 0.285 e. The van der Waals surface area contributed by atoms with Crippen LogP contribution in [0.1, 0.15) is 21.5 Å². The van der Waals surface area contributed by atoms with Gasteiger partial charge < -0.3 is 14.2 Å². The van der Waals surface area contributed by atoms with Gasteiger partial charge in [0.15, 0.2) is 15.8 Å². The average Bonchev–Trinajstić information content (AvgIpc) is 3.15. The number of hydrogen-bond donors (Lipinski definition) is 1. The molecule has 0 saturated carbocycles. The van der Waals surface area contributed by atoms with Crippen molar-refractivity contribution in [2.45, 2.75) is 6.61 Å². The molecular weight excluding hydrogens is 564 g/mol. The van der Waals surface area contributed by atoms with E-state index in [1.165, 1.54) is 0 Å². The van der Waals surface area contributed by atoms with E-state index in [1.807, 2.05) is 30.3 Å². The van der Waals surface area contributed by atoms with Crippen LogP contribution in [0, 0.1) is 0 Å². The predicted octanol–water partition coefficient (Wildman–Crippen LogP) is 5.59. The second-order valence-electron chi connectivity index (χ2n) is 7.51. The summed E-state index contributed by atoms with van der Waals surface area (Å²) in [5.74, 6) is 0.867. The number of carbonyl (C=O) groups excluding carboxylic acids is 2. The lowest BCUT2D eigenvalue weighted by atomic mass is 10.2. The highest BCUT2D eigenvalue weighted by atomic mass is 79.9.